The number of hydrogen-bond donors (Lipinski definition) is 1. The number of hydrogen-bond acceptors (Lipinski definition) is 2. The predicted molar refractivity (Wildman–Crippen MR) is 67.8 cm³/mol. The van der Waals surface area contributed by atoms with Gasteiger partial charge in [-0.15, -0.1) is 0 Å². The number of rotatable bonds is 4. The summed E-state index contributed by atoms with van der Waals surface area (Å²) >= 11 is 0. The molecule has 1 unspecified atom stereocenters. The number of nitrogens with zero attached hydrogens (tertiary/aromatic N) is 2. The van der Waals surface area contributed by atoms with E-state index in [2.05, 4.69) is 24.3 Å². The Balaban J connectivity index is 2.02. The lowest BCUT2D eigenvalue weighted by atomic mass is 10.1. The summed E-state index contributed by atoms with van der Waals surface area (Å²) in [5.74, 6) is 1.19. The van der Waals surface area contributed by atoms with E-state index in [1.807, 2.05) is 10.7 Å². The van der Waals surface area contributed by atoms with Crippen LogP contribution in [-0.4, -0.2) is 15.7 Å². The van der Waals surface area contributed by atoms with Crippen LogP contribution in [0.5, 0.6) is 0 Å². The first-order chi connectivity index (χ1) is 8.22. The van der Waals surface area contributed by atoms with Gasteiger partial charge in [0.25, 0.3) is 0 Å². The SMILES string of the molecule is CCC(C)n1nccc1NC(=O)C1CCCC1. The van der Waals surface area contributed by atoms with E-state index in [-0.39, 0.29) is 11.8 Å². The van der Waals surface area contributed by atoms with Crippen molar-refractivity contribution in [3.05, 3.63) is 12.3 Å². The van der Waals surface area contributed by atoms with Gasteiger partial charge in [-0.25, -0.2) is 4.68 Å². The lowest BCUT2D eigenvalue weighted by Gasteiger charge is -2.15. The highest BCUT2D eigenvalue weighted by Gasteiger charge is 2.23. The van der Waals surface area contributed by atoms with Crippen LogP contribution in [0.4, 0.5) is 5.82 Å². The maximum absolute atomic E-state index is 12.0. The van der Waals surface area contributed by atoms with Crippen LogP contribution < -0.4 is 5.32 Å². The Bertz CT molecular complexity index is 380. The van der Waals surface area contributed by atoms with Crippen molar-refractivity contribution < 1.29 is 4.79 Å². The summed E-state index contributed by atoms with van der Waals surface area (Å²) in [6.45, 7) is 4.23. The van der Waals surface area contributed by atoms with Crippen LogP contribution in [0.3, 0.4) is 0 Å². The molecule has 94 valence electrons. The summed E-state index contributed by atoms with van der Waals surface area (Å²) < 4.78 is 1.90. The van der Waals surface area contributed by atoms with E-state index in [1.54, 1.807) is 6.20 Å². The molecule has 1 atom stereocenters. The molecule has 1 fully saturated rings. The minimum atomic E-state index is 0.160. The molecule has 1 aliphatic rings. The van der Waals surface area contributed by atoms with E-state index in [4.69, 9.17) is 0 Å². The van der Waals surface area contributed by atoms with Gasteiger partial charge in [-0.3, -0.25) is 4.79 Å². The second kappa shape index (κ2) is 5.34. The number of nitrogens with one attached hydrogen (secondary N) is 1. The monoisotopic (exact) mass is 235 g/mol. The Labute approximate surface area is 102 Å². The van der Waals surface area contributed by atoms with Gasteiger partial charge >= 0.3 is 0 Å². The highest BCUT2D eigenvalue weighted by atomic mass is 16.2. The van der Waals surface area contributed by atoms with Gasteiger partial charge in [0.15, 0.2) is 0 Å². The number of anilines is 1. The average molecular weight is 235 g/mol. The van der Waals surface area contributed by atoms with E-state index >= 15 is 0 Å². The molecule has 17 heavy (non-hydrogen) atoms. The summed E-state index contributed by atoms with van der Waals surface area (Å²) in [5.41, 5.74) is 0. The van der Waals surface area contributed by atoms with Gasteiger partial charge in [0.1, 0.15) is 5.82 Å². The standard InChI is InChI=1S/C13H21N3O/c1-3-10(2)16-12(8-9-14-16)15-13(17)11-6-4-5-7-11/h8-11H,3-7H2,1-2H3,(H,15,17). The lowest BCUT2D eigenvalue weighted by molar-refractivity contribution is -0.119. The molecule has 0 aromatic carbocycles. The van der Waals surface area contributed by atoms with E-state index < -0.39 is 0 Å². The number of aromatic nitrogens is 2. The third-order valence-corrected chi connectivity index (χ3v) is 3.66. The van der Waals surface area contributed by atoms with Crippen molar-refractivity contribution in [3.63, 3.8) is 0 Å². The Kier molecular flexibility index (Phi) is 3.82. The zero-order valence-corrected chi connectivity index (χ0v) is 10.6. The molecular formula is C13H21N3O. The average Bonchev–Trinajstić information content (AvgIpc) is 2.98. The van der Waals surface area contributed by atoms with Gasteiger partial charge in [-0.05, 0) is 26.2 Å². The largest absolute Gasteiger partial charge is 0.311 e. The summed E-state index contributed by atoms with van der Waals surface area (Å²) in [7, 11) is 0. The molecule has 1 aromatic heterocycles. The molecule has 0 radical (unpaired) electrons. The summed E-state index contributed by atoms with van der Waals surface area (Å²) in [5, 5.41) is 7.28. The molecule has 1 aliphatic carbocycles. The summed E-state index contributed by atoms with van der Waals surface area (Å²) in [4.78, 5) is 12.0. The maximum Gasteiger partial charge on any atom is 0.228 e. The van der Waals surface area contributed by atoms with Crippen LogP contribution in [-0.2, 0) is 4.79 Å². The molecule has 0 bridgehead atoms. The van der Waals surface area contributed by atoms with E-state index in [0.29, 0.717) is 6.04 Å². The third-order valence-electron chi connectivity index (χ3n) is 3.66. The minimum Gasteiger partial charge on any atom is -0.311 e. The first-order valence-electron chi connectivity index (χ1n) is 6.56. The minimum absolute atomic E-state index is 0.160. The first-order valence-corrected chi connectivity index (χ1v) is 6.56. The molecule has 0 saturated heterocycles. The van der Waals surface area contributed by atoms with Gasteiger partial charge in [0.05, 0.1) is 12.2 Å². The van der Waals surface area contributed by atoms with Crippen molar-refractivity contribution in [3.8, 4) is 0 Å². The van der Waals surface area contributed by atoms with E-state index in [9.17, 15) is 4.79 Å². The van der Waals surface area contributed by atoms with Crippen molar-refractivity contribution in [1.82, 2.24) is 9.78 Å². The third kappa shape index (κ3) is 2.68. The molecule has 1 amide bonds. The molecule has 1 heterocycles. The molecule has 1 saturated carbocycles. The lowest BCUT2D eigenvalue weighted by Crippen LogP contribution is -2.23. The maximum atomic E-state index is 12.0. The van der Waals surface area contributed by atoms with Crippen LogP contribution in [0.2, 0.25) is 0 Å². The van der Waals surface area contributed by atoms with Gasteiger partial charge < -0.3 is 5.32 Å². The summed E-state index contributed by atoms with van der Waals surface area (Å²) in [6.07, 6.45) is 7.18. The molecule has 2 rings (SSSR count). The van der Waals surface area contributed by atoms with Crippen molar-refractivity contribution in [2.24, 2.45) is 5.92 Å². The second-order valence-electron chi connectivity index (χ2n) is 4.89. The Morgan fingerprint density at radius 3 is 2.94 bits per heavy atom. The summed E-state index contributed by atoms with van der Waals surface area (Å²) in [6, 6.07) is 2.20. The topological polar surface area (TPSA) is 46.9 Å². The van der Waals surface area contributed by atoms with Crippen molar-refractivity contribution in [2.75, 3.05) is 5.32 Å². The molecule has 4 nitrogen and oxygen atoms in total. The van der Waals surface area contributed by atoms with Crippen molar-refractivity contribution in [1.29, 1.82) is 0 Å². The predicted octanol–water partition coefficient (Wildman–Crippen LogP) is 2.98. The zero-order chi connectivity index (χ0) is 12.3. The van der Waals surface area contributed by atoms with E-state index in [1.165, 1.54) is 12.8 Å². The Hall–Kier alpha value is -1.32. The van der Waals surface area contributed by atoms with Gasteiger partial charge in [0, 0.05) is 12.0 Å². The Morgan fingerprint density at radius 2 is 2.29 bits per heavy atom. The normalized spacial score (nSPS) is 18.2. The van der Waals surface area contributed by atoms with Gasteiger partial charge in [0.2, 0.25) is 5.91 Å². The molecular weight excluding hydrogens is 214 g/mol. The Morgan fingerprint density at radius 1 is 1.59 bits per heavy atom. The molecule has 0 aliphatic heterocycles. The van der Waals surface area contributed by atoms with E-state index in [0.717, 1.165) is 25.1 Å². The first kappa shape index (κ1) is 12.1. The van der Waals surface area contributed by atoms with Crippen molar-refractivity contribution >= 4 is 11.7 Å². The van der Waals surface area contributed by atoms with Crippen LogP contribution in [0, 0.1) is 5.92 Å². The number of amides is 1. The second-order valence-corrected chi connectivity index (χ2v) is 4.89. The van der Waals surface area contributed by atoms with Crippen LogP contribution >= 0.6 is 0 Å². The quantitative estimate of drug-likeness (QED) is 0.872. The number of carbonyl (C=O) groups is 1. The zero-order valence-electron chi connectivity index (χ0n) is 10.6. The van der Waals surface area contributed by atoms with Crippen LogP contribution in [0.15, 0.2) is 12.3 Å². The highest BCUT2D eigenvalue weighted by Crippen LogP contribution is 2.26. The smallest absolute Gasteiger partial charge is 0.228 e. The molecule has 4 heteroatoms. The fourth-order valence-corrected chi connectivity index (χ4v) is 2.35. The molecule has 1 N–H and O–H groups in total. The molecule has 1 aromatic rings. The van der Waals surface area contributed by atoms with Gasteiger partial charge in [-0.2, -0.15) is 5.10 Å². The molecule has 0 spiro atoms. The van der Waals surface area contributed by atoms with Crippen LogP contribution in [0.25, 0.3) is 0 Å². The number of carbonyl (C=O) groups excluding carboxylic acids is 1. The fourth-order valence-electron chi connectivity index (χ4n) is 2.35. The van der Waals surface area contributed by atoms with Crippen LogP contribution in [0.1, 0.15) is 52.0 Å². The highest BCUT2D eigenvalue weighted by molar-refractivity contribution is 5.91. The van der Waals surface area contributed by atoms with Gasteiger partial charge in [-0.1, -0.05) is 19.8 Å². The van der Waals surface area contributed by atoms with Crippen molar-refractivity contribution in [2.45, 2.75) is 52.0 Å². The fraction of sp³-hybridized carbons (Fsp3) is 0.692.